The predicted octanol–water partition coefficient (Wildman–Crippen LogP) is 4.49. The van der Waals surface area contributed by atoms with E-state index >= 15 is 0 Å². The first-order chi connectivity index (χ1) is 14.7. The summed E-state index contributed by atoms with van der Waals surface area (Å²) in [5.41, 5.74) is 3.01. The highest BCUT2D eigenvalue weighted by Crippen LogP contribution is 2.16. The summed E-state index contributed by atoms with van der Waals surface area (Å²) in [7, 11) is 0. The van der Waals surface area contributed by atoms with Gasteiger partial charge in [0.25, 0.3) is 0 Å². The van der Waals surface area contributed by atoms with Gasteiger partial charge in [-0.05, 0) is 12.0 Å². The second kappa shape index (κ2) is 11.5. The molecule has 0 atom stereocenters. The van der Waals surface area contributed by atoms with Crippen molar-refractivity contribution < 1.29 is 4.79 Å². The number of rotatable bonds is 10. The number of hydrogen-bond acceptors (Lipinski definition) is 3. The molecule has 30 heavy (non-hydrogen) atoms. The lowest BCUT2D eigenvalue weighted by Crippen LogP contribution is -2.48. The second-order valence-corrected chi connectivity index (χ2v) is 8.11. The van der Waals surface area contributed by atoms with Gasteiger partial charge >= 0.3 is 0 Å². The van der Waals surface area contributed by atoms with Gasteiger partial charge in [0.1, 0.15) is 0 Å². The van der Waals surface area contributed by atoms with Crippen molar-refractivity contribution in [3.8, 4) is 0 Å². The normalized spacial score (nSPS) is 14.6. The van der Waals surface area contributed by atoms with Crippen molar-refractivity contribution in [2.75, 3.05) is 26.2 Å². The number of unbranched alkanes of at least 4 members (excludes halogenated alkanes) is 4. The molecule has 160 valence electrons. The van der Waals surface area contributed by atoms with E-state index in [1.54, 1.807) is 0 Å². The maximum Gasteiger partial charge on any atom is 0.222 e. The highest BCUT2D eigenvalue weighted by Gasteiger charge is 2.21. The topological polar surface area (TPSA) is 45.7 Å². The third-order valence-electron chi connectivity index (χ3n) is 5.82. The number of imidazole rings is 1. The smallest absolute Gasteiger partial charge is 0.222 e. The standard InChI is InChI=1S/C24H33N5O/c1-3-4-5-6-7-8-24(30)28-15-13-27(14-16-28)19-23-17-26-20-29(23)18-21-9-11-22(25-2)12-10-21/h9-12,17,20H,3-8,13-16,18-19H2,1H3. The lowest BCUT2D eigenvalue weighted by atomic mass is 10.1. The van der Waals surface area contributed by atoms with Crippen molar-refractivity contribution in [3.63, 3.8) is 0 Å². The summed E-state index contributed by atoms with van der Waals surface area (Å²) in [5.74, 6) is 0.319. The van der Waals surface area contributed by atoms with Gasteiger partial charge in [-0.1, -0.05) is 56.9 Å². The Morgan fingerprint density at radius 1 is 1.03 bits per heavy atom. The lowest BCUT2D eigenvalue weighted by Gasteiger charge is -2.34. The molecule has 1 saturated heterocycles. The van der Waals surface area contributed by atoms with Crippen LogP contribution in [0.15, 0.2) is 36.8 Å². The van der Waals surface area contributed by atoms with Crippen LogP contribution >= 0.6 is 0 Å². The van der Waals surface area contributed by atoms with E-state index in [4.69, 9.17) is 6.57 Å². The van der Waals surface area contributed by atoms with Crippen LogP contribution in [0, 0.1) is 6.57 Å². The third kappa shape index (κ3) is 6.43. The Balaban J connectivity index is 1.43. The molecular weight excluding hydrogens is 374 g/mol. The molecule has 6 heteroatoms. The first-order valence-corrected chi connectivity index (χ1v) is 11.1. The Hall–Kier alpha value is -2.65. The van der Waals surface area contributed by atoms with E-state index in [9.17, 15) is 4.79 Å². The van der Waals surface area contributed by atoms with Gasteiger partial charge in [-0.25, -0.2) is 9.83 Å². The monoisotopic (exact) mass is 407 g/mol. The number of carbonyl (C=O) groups is 1. The zero-order chi connectivity index (χ0) is 21.2. The summed E-state index contributed by atoms with van der Waals surface area (Å²) in [6, 6.07) is 7.73. The van der Waals surface area contributed by atoms with Gasteiger partial charge in [0.05, 0.1) is 18.6 Å². The van der Waals surface area contributed by atoms with Gasteiger partial charge < -0.3 is 9.47 Å². The van der Waals surface area contributed by atoms with Crippen LogP contribution in [0.1, 0.15) is 56.7 Å². The SMILES string of the molecule is [C-]#[N+]c1ccc(Cn2cncc2CN2CCN(C(=O)CCCCCCC)CC2)cc1. The molecule has 0 unspecified atom stereocenters. The average molecular weight is 408 g/mol. The molecule has 3 rings (SSSR count). The van der Waals surface area contributed by atoms with Gasteiger partial charge in [-0.3, -0.25) is 9.69 Å². The molecule has 1 aromatic carbocycles. The summed E-state index contributed by atoms with van der Waals surface area (Å²) < 4.78 is 2.17. The van der Waals surface area contributed by atoms with Gasteiger partial charge in [-0.2, -0.15) is 0 Å². The molecule has 1 amide bonds. The zero-order valence-corrected chi connectivity index (χ0v) is 18.1. The first-order valence-electron chi connectivity index (χ1n) is 11.1. The van der Waals surface area contributed by atoms with E-state index in [-0.39, 0.29) is 0 Å². The quantitative estimate of drug-likeness (QED) is 0.431. The van der Waals surface area contributed by atoms with Crippen LogP contribution < -0.4 is 0 Å². The molecular formula is C24H33N5O. The van der Waals surface area contributed by atoms with Gasteiger partial charge in [0, 0.05) is 51.9 Å². The largest absolute Gasteiger partial charge is 0.340 e. The molecule has 0 radical (unpaired) electrons. The van der Waals surface area contributed by atoms with E-state index in [1.165, 1.54) is 31.4 Å². The van der Waals surface area contributed by atoms with Gasteiger partial charge in [0.2, 0.25) is 5.91 Å². The molecule has 1 fully saturated rings. The Kier molecular flexibility index (Phi) is 8.46. The minimum Gasteiger partial charge on any atom is -0.340 e. The van der Waals surface area contributed by atoms with Crippen molar-refractivity contribution >= 4 is 11.6 Å². The van der Waals surface area contributed by atoms with Crippen molar-refractivity contribution in [2.45, 2.75) is 58.5 Å². The Morgan fingerprint density at radius 2 is 1.77 bits per heavy atom. The fraction of sp³-hybridized carbons (Fsp3) is 0.542. The minimum atomic E-state index is 0.319. The number of amides is 1. The predicted molar refractivity (Wildman–Crippen MR) is 119 cm³/mol. The molecule has 0 spiro atoms. The van der Waals surface area contributed by atoms with Gasteiger partial charge in [-0.15, -0.1) is 0 Å². The first kappa shape index (κ1) is 22.0. The summed E-state index contributed by atoms with van der Waals surface area (Å²) in [5, 5.41) is 0. The molecule has 1 aromatic heterocycles. The molecule has 1 aliphatic heterocycles. The zero-order valence-electron chi connectivity index (χ0n) is 18.1. The van der Waals surface area contributed by atoms with Crippen LogP contribution in [-0.2, 0) is 17.9 Å². The Morgan fingerprint density at radius 3 is 2.47 bits per heavy atom. The van der Waals surface area contributed by atoms with E-state index < -0.39 is 0 Å². The minimum absolute atomic E-state index is 0.319. The summed E-state index contributed by atoms with van der Waals surface area (Å²) in [4.78, 5) is 24.7. The van der Waals surface area contributed by atoms with Crippen molar-refractivity contribution in [3.05, 3.63) is 59.5 Å². The molecule has 2 aromatic rings. The van der Waals surface area contributed by atoms with Crippen molar-refractivity contribution in [1.82, 2.24) is 19.4 Å². The molecule has 0 N–H and O–H groups in total. The van der Waals surface area contributed by atoms with Crippen LogP contribution in [0.5, 0.6) is 0 Å². The lowest BCUT2D eigenvalue weighted by molar-refractivity contribution is -0.133. The molecule has 6 nitrogen and oxygen atoms in total. The fourth-order valence-corrected chi connectivity index (χ4v) is 3.92. The Bertz CT molecular complexity index is 828. The molecule has 2 heterocycles. The van der Waals surface area contributed by atoms with E-state index in [0.717, 1.165) is 51.3 Å². The maximum absolute atomic E-state index is 12.4. The highest BCUT2D eigenvalue weighted by atomic mass is 16.2. The number of carbonyl (C=O) groups excluding carboxylic acids is 1. The number of piperazine rings is 1. The number of nitrogens with zero attached hydrogens (tertiary/aromatic N) is 5. The van der Waals surface area contributed by atoms with Crippen LogP contribution in [0.3, 0.4) is 0 Å². The molecule has 0 aliphatic carbocycles. The average Bonchev–Trinajstić information content (AvgIpc) is 3.21. The third-order valence-corrected chi connectivity index (χ3v) is 5.82. The fourth-order valence-electron chi connectivity index (χ4n) is 3.92. The number of aromatic nitrogens is 2. The second-order valence-electron chi connectivity index (χ2n) is 8.11. The van der Waals surface area contributed by atoms with Crippen molar-refractivity contribution in [1.29, 1.82) is 0 Å². The van der Waals surface area contributed by atoms with Crippen LogP contribution in [-0.4, -0.2) is 51.4 Å². The van der Waals surface area contributed by atoms with Crippen molar-refractivity contribution in [2.24, 2.45) is 0 Å². The summed E-state index contributed by atoms with van der Waals surface area (Å²) in [6.45, 7) is 14.3. The Labute approximate surface area is 180 Å². The van der Waals surface area contributed by atoms with E-state index in [2.05, 4.69) is 26.2 Å². The number of benzene rings is 1. The van der Waals surface area contributed by atoms with Gasteiger partial charge in [0.15, 0.2) is 5.69 Å². The van der Waals surface area contributed by atoms with Crippen LogP contribution in [0.4, 0.5) is 5.69 Å². The molecule has 0 bridgehead atoms. The molecule has 1 aliphatic rings. The maximum atomic E-state index is 12.4. The van der Waals surface area contributed by atoms with E-state index in [1.807, 2.05) is 41.7 Å². The van der Waals surface area contributed by atoms with E-state index in [0.29, 0.717) is 18.0 Å². The van der Waals surface area contributed by atoms with Crippen LogP contribution in [0.25, 0.3) is 4.85 Å². The number of hydrogen-bond donors (Lipinski definition) is 0. The summed E-state index contributed by atoms with van der Waals surface area (Å²) >= 11 is 0. The highest BCUT2D eigenvalue weighted by molar-refractivity contribution is 5.76. The van der Waals surface area contributed by atoms with Crippen LogP contribution in [0.2, 0.25) is 0 Å². The molecule has 0 saturated carbocycles. The summed E-state index contributed by atoms with van der Waals surface area (Å²) in [6.07, 6.45) is 10.5.